The van der Waals surface area contributed by atoms with E-state index in [1.54, 1.807) is 0 Å². The van der Waals surface area contributed by atoms with Gasteiger partial charge in [0, 0.05) is 6.54 Å². The van der Waals surface area contributed by atoms with Crippen LogP contribution in [0, 0.1) is 17.2 Å². The number of nitrogens with one attached hydrogen (secondary N) is 2. The Morgan fingerprint density at radius 1 is 1.30 bits per heavy atom. The quantitative estimate of drug-likeness (QED) is 0.562. The monoisotopic (exact) mass is 423 g/mol. The number of rotatable bonds is 7. The number of imidazole rings is 1. The van der Waals surface area contributed by atoms with Gasteiger partial charge in [0.1, 0.15) is 6.07 Å². The molecule has 0 aliphatic carbocycles. The molecule has 2 aromatic heterocycles. The number of hydrogen-bond acceptors (Lipinski definition) is 5. The van der Waals surface area contributed by atoms with Gasteiger partial charge >= 0.3 is 6.03 Å². The lowest BCUT2D eigenvalue weighted by Crippen LogP contribution is -2.40. The van der Waals surface area contributed by atoms with Crippen molar-refractivity contribution in [1.29, 1.82) is 5.26 Å². The van der Waals surface area contributed by atoms with Crippen LogP contribution in [0.5, 0.6) is 0 Å². The van der Waals surface area contributed by atoms with Crippen molar-refractivity contribution < 1.29 is 9.59 Å². The second-order valence-electron chi connectivity index (χ2n) is 7.38. The van der Waals surface area contributed by atoms with Crippen LogP contribution in [0.2, 0.25) is 0 Å². The average molecular weight is 424 g/mol. The SMILES string of the molecule is CCc1cc(SCC(=O)NC(=O)NCCC(C)C)n2c(nc3ccccc32)c1C#N. The highest BCUT2D eigenvalue weighted by molar-refractivity contribution is 7.99. The van der Waals surface area contributed by atoms with Gasteiger partial charge in [-0.15, -0.1) is 0 Å². The van der Waals surface area contributed by atoms with Gasteiger partial charge in [-0.1, -0.05) is 44.7 Å². The van der Waals surface area contributed by atoms with Crippen LogP contribution in [0.15, 0.2) is 35.4 Å². The first-order chi connectivity index (χ1) is 14.4. The van der Waals surface area contributed by atoms with Crippen molar-refractivity contribution in [1.82, 2.24) is 20.0 Å². The van der Waals surface area contributed by atoms with Gasteiger partial charge in [0.15, 0.2) is 5.65 Å². The average Bonchev–Trinajstić information content (AvgIpc) is 3.10. The Bertz CT molecular complexity index is 1130. The molecule has 1 aromatic carbocycles. The van der Waals surface area contributed by atoms with Crippen LogP contribution < -0.4 is 10.6 Å². The molecule has 3 rings (SSSR count). The van der Waals surface area contributed by atoms with Crippen LogP contribution in [0.1, 0.15) is 38.3 Å². The third-order valence-electron chi connectivity index (χ3n) is 4.73. The second kappa shape index (κ2) is 9.63. The van der Waals surface area contributed by atoms with E-state index in [1.165, 1.54) is 11.8 Å². The summed E-state index contributed by atoms with van der Waals surface area (Å²) in [4.78, 5) is 28.8. The molecule has 0 spiro atoms. The molecule has 0 fully saturated rings. The number of fused-ring (bicyclic) bond motifs is 3. The Kier molecular flexibility index (Phi) is 6.95. The van der Waals surface area contributed by atoms with Gasteiger partial charge in [-0.3, -0.25) is 14.5 Å². The Balaban J connectivity index is 1.81. The van der Waals surface area contributed by atoms with Crippen molar-refractivity contribution in [3.05, 3.63) is 41.5 Å². The van der Waals surface area contributed by atoms with Crippen LogP contribution in [-0.4, -0.2) is 33.6 Å². The molecule has 0 saturated carbocycles. The number of carbonyl (C=O) groups excluding carboxylic acids is 2. The Morgan fingerprint density at radius 3 is 2.77 bits per heavy atom. The molecule has 0 aliphatic heterocycles. The predicted molar refractivity (Wildman–Crippen MR) is 119 cm³/mol. The van der Waals surface area contributed by atoms with Crippen molar-refractivity contribution in [2.75, 3.05) is 12.3 Å². The van der Waals surface area contributed by atoms with E-state index in [9.17, 15) is 14.9 Å². The number of amides is 3. The number of nitriles is 1. The molecule has 0 radical (unpaired) electrons. The van der Waals surface area contributed by atoms with Crippen molar-refractivity contribution in [2.24, 2.45) is 5.92 Å². The smallest absolute Gasteiger partial charge is 0.321 e. The molecule has 156 valence electrons. The van der Waals surface area contributed by atoms with Crippen molar-refractivity contribution in [3.8, 4) is 6.07 Å². The first-order valence-electron chi connectivity index (χ1n) is 9.98. The van der Waals surface area contributed by atoms with E-state index < -0.39 is 6.03 Å². The van der Waals surface area contributed by atoms with Gasteiger partial charge in [-0.2, -0.15) is 5.26 Å². The normalized spacial score (nSPS) is 11.0. The van der Waals surface area contributed by atoms with Gasteiger partial charge in [0.2, 0.25) is 5.91 Å². The summed E-state index contributed by atoms with van der Waals surface area (Å²) in [7, 11) is 0. The molecule has 8 heteroatoms. The molecule has 0 saturated heterocycles. The summed E-state index contributed by atoms with van der Waals surface area (Å²) in [5, 5.41) is 15.5. The zero-order valence-electron chi connectivity index (χ0n) is 17.4. The fraction of sp³-hybridized carbons (Fsp3) is 0.364. The summed E-state index contributed by atoms with van der Waals surface area (Å²) in [6.07, 6.45) is 1.54. The minimum atomic E-state index is -0.478. The fourth-order valence-corrected chi connectivity index (χ4v) is 4.06. The lowest BCUT2D eigenvalue weighted by Gasteiger charge is -2.11. The molecule has 0 aliphatic rings. The number of imide groups is 1. The van der Waals surface area contributed by atoms with Crippen LogP contribution in [0.4, 0.5) is 4.79 Å². The van der Waals surface area contributed by atoms with E-state index in [2.05, 4.69) is 35.5 Å². The van der Waals surface area contributed by atoms with E-state index >= 15 is 0 Å². The van der Waals surface area contributed by atoms with Crippen LogP contribution >= 0.6 is 11.8 Å². The zero-order valence-corrected chi connectivity index (χ0v) is 18.2. The van der Waals surface area contributed by atoms with Gasteiger partial charge in [0.25, 0.3) is 0 Å². The summed E-state index contributed by atoms with van der Waals surface area (Å²) < 4.78 is 1.91. The number of para-hydroxylation sites is 2. The summed E-state index contributed by atoms with van der Waals surface area (Å²) >= 11 is 1.32. The summed E-state index contributed by atoms with van der Waals surface area (Å²) in [6, 6.07) is 11.4. The fourth-order valence-electron chi connectivity index (χ4n) is 3.17. The number of aryl methyl sites for hydroxylation is 1. The maximum absolute atomic E-state index is 12.3. The highest BCUT2D eigenvalue weighted by atomic mass is 32.2. The van der Waals surface area contributed by atoms with E-state index in [-0.39, 0.29) is 11.7 Å². The number of thioether (sulfide) groups is 1. The van der Waals surface area contributed by atoms with Crippen LogP contribution in [0.25, 0.3) is 16.7 Å². The third kappa shape index (κ3) is 4.74. The van der Waals surface area contributed by atoms with Gasteiger partial charge < -0.3 is 5.32 Å². The topological polar surface area (TPSA) is 99.3 Å². The largest absolute Gasteiger partial charge is 0.338 e. The maximum Gasteiger partial charge on any atom is 0.321 e. The molecular formula is C22H25N5O2S. The predicted octanol–water partition coefficient (Wildman–Crippen LogP) is 3.89. The first kappa shape index (κ1) is 21.7. The second-order valence-corrected chi connectivity index (χ2v) is 8.38. The number of hydrogen-bond donors (Lipinski definition) is 2. The molecule has 2 heterocycles. The lowest BCUT2D eigenvalue weighted by molar-refractivity contribution is -0.117. The van der Waals surface area contributed by atoms with Gasteiger partial charge in [-0.25, -0.2) is 9.78 Å². The lowest BCUT2D eigenvalue weighted by atomic mass is 10.1. The first-order valence-corrected chi connectivity index (χ1v) is 11.0. The van der Waals surface area contributed by atoms with Crippen LogP contribution in [-0.2, 0) is 11.2 Å². The summed E-state index contributed by atoms with van der Waals surface area (Å²) in [6.45, 7) is 6.66. The molecule has 7 nitrogen and oxygen atoms in total. The molecule has 0 unspecified atom stereocenters. The molecular weight excluding hydrogens is 398 g/mol. The highest BCUT2D eigenvalue weighted by Crippen LogP contribution is 2.29. The standard InChI is InChI=1S/C22H25N5O2S/c1-4-15-11-20(30-13-19(28)26-22(29)24-10-9-14(2)3)27-18-8-6-5-7-17(18)25-21(27)16(15)12-23/h5-8,11,14H,4,9-10,13H2,1-3H3,(H2,24,26,28,29). The van der Waals surface area contributed by atoms with Crippen molar-refractivity contribution in [2.45, 2.75) is 38.6 Å². The van der Waals surface area contributed by atoms with E-state index in [1.807, 2.05) is 41.7 Å². The number of nitrogens with zero attached hydrogens (tertiary/aromatic N) is 3. The number of benzene rings is 1. The molecule has 2 N–H and O–H groups in total. The van der Waals surface area contributed by atoms with Gasteiger partial charge in [-0.05, 0) is 42.5 Å². The zero-order chi connectivity index (χ0) is 21.7. The minimum Gasteiger partial charge on any atom is -0.338 e. The van der Waals surface area contributed by atoms with E-state index in [0.29, 0.717) is 30.1 Å². The Labute approximate surface area is 179 Å². The molecule has 3 aromatic rings. The van der Waals surface area contributed by atoms with Crippen LogP contribution in [0.3, 0.4) is 0 Å². The summed E-state index contributed by atoms with van der Waals surface area (Å²) in [5.41, 5.74) is 3.69. The number of aromatic nitrogens is 2. The number of urea groups is 1. The molecule has 3 amide bonds. The molecule has 30 heavy (non-hydrogen) atoms. The van der Waals surface area contributed by atoms with Gasteiger partial charge in [0.05, 0.1) is 27.4 Å². The number of pyridine rings is 1. The van der Waals surface area contributed by atoms with E-state index in [0.717, 1.165) is 28.0 Å². The Morgan fingerprint density at radius 2 is 2.07 bits per heavy atom. The Hall–Kier alpha value is -3.05. The number of carbonyl (C=O) groups is 2. The minimum absolute atomic E-state index is 0.0776. The summed E-state index contributed by atoms with van der Waals surface area (Å²) in [5.74, 6) is 0.184. The maximum atomic E-state index is 12.3. The molecule has 0 atom stereocenters. The van der Waals surface area contributed by atoms with E-state index in [4.69, 9.17) is 0 Å². The third-order valence-corrected chi connectivity index (χ3v) is 5.73. The van der Waals surface area contributed by atoms with Crippen molar-refractivity contribution in [3.63, 3.8) is 0 Å². The molecule has 0 bridgehead atoms. The van der Waals surface area contributed by atoms with Crippen molar-refractivity contribution >= 4 is 40.4 Å². The highest BCUT2D eigenvalue weighted by Gasteiger charge is 2.17.